The van der Waals surface area contributed by atoms with Crippen LogP contribution in [0.1, 0.15) is 44.0 Å². The van der Waals surface area contributed by atoms with Gasteiger partial charge in [0.25, 0.3) is 0 Å². The third-order valence-electron chi connectivity index (χ3n) is 4.00. The number of methoxy groups -OCH3 is 1. The maximum absolute atomic E-state index is 5.37. The first-order chi connectivity index (χ1) is 9.19. The molecule has 0 amide bonds. The zero-order chi connectivity index (χ0) is 13.7. The number of aryl methyl sites for hydroxylation is 2. The van der Waals surface area contributed by atoms with E-state index in [9.17, 15) is 0 Å². The monoisotopic (exact) mass is 263 g/mol. The maximum Gasteiger partial charge on any atom is 0.132 e. The highest BCUT2D eigenvalue weighted by Gasteiger charge is 2.36. The lowest BCUT2D eigenvalue weighted by Gasteiger charge is -2.41. The average Bonchev–Trinajstić information content (AvgIpc) is 2.35. The Morgan fingerprint density at radius 2 is 2.21 bits per heavy atom. The van der Waals surface area contributed by atoms with Gasteiger partial charge in [0.05, 0.1) is 6.61 Å². The van der Waals surface area contributed by atoms with Crippen molar-refractivity contribution in [3.63, 3.8) is 0 Å². The number of hydrogen-bond acceptors (Lipinski definition) is 4. The van der Waals surface area contributed by atoms with Gasteiger partial charge in [-0.15, -0.1) is 0 Å². The molecule has 0 aromatic carbocycles. The molecule has 1 fully saturated rings. The second-order valence-electron chi connectivity index (χ2n) is 5.68. The van der Waals surface area contributed by atoms with Crippen LogP contribution >= 0.6 is 0 Å². The molecule has 0 aliphatic heterocycles. The zero-order valence-corrected chi connectivity index (χ0v) is 12.3. The molecule has 1 saturated carbocycles. The zero-order valence-electron chi connectivity index (χ0n) is 12.3. The van der Waals surface area contributed by atoms with Crippen LogP contribution in [-0.4, -0.2) is 30.2 Å². The molecule has 19 heavy (non-hydrogen) atoms. The highest BCUT2D eigenvalue weighted by Crippen LogP contribution is 2.41. The van der Waals surface area contributed by atoms with E-state index in [0.717, 1.165) is 37.6 Å². The van der Waals surface area contributed by atoms with Crippen LogP contribution in [0, 0.1) is 12.3 Å². The Hall–Kier alpha value is -1.16. The number of nitrogens with zero attached hydrogens (tertiary/aromatic N) is 2. The van der Waals surface area contributed by atoms with E-state index in [1.54, 1.807) is 7.11 Å². The van der Waals surface area contributed by atoms with Crippen molar-refractivity contribution in [2.75, 3.05) is 25.6 Å². The van der Waals surface area contributed by atoms with Crippen LogP contribution in [-0.2, 0) is 11.2 Å². The minimum absolute atomic E-state index is 0.317. The van der Waals surface area contributed by atoms with Gasteiger partial charge < -0.3 is 10.1 Å². The summed E-state index contributed by atoms with van der Waals surface area (Å²) in [5.41, 5.74) is 1.54. The standard InChI is InChI=1S/C15H25N3O/c1-4-6-13-9-16-12(2)18-14(13)17-10-15(11-19-3)7-5-8-15/h9H,4-8,10-11H2,1-3H3,(H,16,17,18). The van der Waals surface area contributed by atoms with Crippen molar-refractivity contribution in [1.29, 1.82) is 0 Å². The van der Waals surface area contributed by atoms with Crippen molar-refractivity contribution in [2.45, 2.75) is 46.0 Å². The first-order valence-electron chi connectivity index (χ1n) is 7.24. The molecule has 0 atom stereocenters. The molecule has 1 aromatic rings. The fraction of sp³-hybridized carbons (Fsp3) is 0.733. The molecular weight excluding hydrogens is 238 g/mol. The van der Waals surface area contributed by atoms with Gasteiger partial charge in [-0.25, -0.2) is 9.97 Å². The molecule has 0 unspecified atom stereocenters. The van der Waals surface area contributed by atoms with Gasteiger partial charge in [-0.1, -0.05) is 19.8 Å². The number of nitrogens with one attached hydrogen (secondary N) is 1. The van der Waals surface area contributed by atoms with Gasteiger partial charge in [0, 0.05) is 30.8 Å². The Morgan fingerprint density at radius 3 is 2.79 bits per heavy atom. The lowest BCUT2D eigenvalue weighted by atomic mass is 9.69. The van der Waals surface area contributed by atoms with Crippen LogP contribution in [0.4, 0.5) is 5.82 Å². The second-order valence-corrected chi connectivity index (χ2v) is 5.68. The van der Waals surface area contributed by atoms with Crippen molar-refractivity contribution in [1.82, 2.24) is 9.97 Å². The van der Waals surface area contributed by atoms with E-state index in [1.165, 1.54) is 24.8 Å². The summed E-state index contributed by atoms with van der Waals surface area (Å²) in [4.78, 5) is 8.85. The Bertz CT molecular complexity index is 416. The van der Waals surface area contributed by atoms with Crippen molar-refractivity contribution >= 4 is 5.82 Å². The van der Waals surface area contributed by atoms with Crippen LogP contribution in [0.15, 0.2) is 6.20 Å². The fourth-order valence-electron chi connectivity index (χ4n) is 2.73. The van der Waals surface area contributed by atoms with Gasteiger partial charge in [-0.2, -0.15) is 0 Å². The van der Waals surface area contributed by atoms with E-state index in [-0.39, 0.29) is 0 Å². The molecule has 1 heterocycles. The Labute approximate surface area is 116 Å². The van der Waals surface area contributed by atoms with Crippen molar-refractivity contribution < 1.29 is 4.74 Å². The molecule has 106 valence electrons. The molecule has 1 aromatic heterocycles. The highest BCUT2D eigenvalue weighted by molar-refractivity contribution is 5.43. The topological polar surface area (TPSA) is 47.0 Å². The summed E-state index contributed by atoms with van der Waals surface area (Å²) in [5, 5.41) is 3.54. The van der Waals surface area contributed by atoms with Crippen LogP contribution in [0.3, 0.4) is 0 Å². The number of anilines is 1. The summed E-state index contributed by atoms with van der Waals surface area (Å²) in [5.74, 6) is 1.84. The highest BCUT2D eigenvalue weighted by atomic mass is 16.5. The molecular formula is C15H25N3O. The van der Waals surface area contributed by atoms with Crippen molar-refractivity contribution in [2.24, 2.45) is 5.41 Å². The summed E-state index contributed by atoms with van der Waals surface area (Å²) in [7, 11) is 1.79. The minimum atomic E-state index is 0.317. The molecule has 1 aliphatic carbocycles. The molecule has 0 bridgehead atoms. The Morgan fingerprint density at radius 1 is 1.42 bits per heavy atom. The molecule has 0 spiro atoms. The third-order valence-corrected chi connectivity index (χ3v) is 4.00. The van der Waals surface area contributed by atoms with E-state index in [2.05, 4.69) is 22.2 Å². The number of aromatic nitrogens is 2. The summed E-state index contributed by atoms with van der Waals surface area (Å²) in [6.45, 7) is 5.92. The third kappa shape index (κ3) is 3.44. The quantitative estimate of drug-likeness (QED) is 0.821. The van der Waals surface area contributed by atoms with Crippen LogP contribution in [0.25, 0.3) is 0 Å². The van der Waals surface area contributed by atoms with E-state index in [0.29, 0.717) is 5.41 Å². The fourth-order valence-corrected chi connectivity index (χ4v) is 2.73. The van der Waals surface area contributed by atoms with E-state index in [4.69, 9.17) is 4.74 Å². The number of rotatable bonds is 7. The lowest BCUT2D eigenvalue weighted by Crippen LogP contribution is -2.40. The molecule has 1 N–H and O–H groups in total. The van der Waals surface area contributed by atoms with E-state index in [1.807, 2.05) is 13.1 Å². The lowest BCUT2D eigenvalue weighted by molar-refractivity contribution is 0.0282. The predicted molar refractivity (Wildman–Crippen MR) is 77.4 cm³/mol. The van der Waals surface area contributed by atoms with Crippen LogP contribution in [0.2, 0.25) is 0 Å². The van der Waals surface area contributed by atoms with Crippen LogP contribution in [0.5, 0.6) is 0 Å². The summed E-state index contributed by atoms with van der Waals surface area (Å²) in [6, 6.07) is 0. The van der Waals surface area contributed by atoms with Gasteiger partial charge in [-0.3, -0.25) is 0 Å². The maximum atomic E-state index is 5.37. The van der Waals surface area contributed by atoms with Gasteiger partial charge in [0.15, 0.2) is 0 Å². The first kappa shape index (κ1) is 14.3. The van der Waals surface area contributed by atoms with E-state index < -0.39 is 0 Å². The minimum Gasteiger partial charge on any atom is -0.384 e. The normalized spacial score (nSPS) is 17.0. The van der Waals surface area contributed by atoms with Gasteiger partial charge in [0.1, 0.15) is 11.6 Å². The molecule has 4 heteroatoms. The predicted octanol–water partition coefficient (Wildman–Crippen LogP) is 2.97. The molecule has 2 rings (SSSR count). The molecule has 1 aliphatic rings. The average molecular weight is 263 g/mol. The number of hydrogen-bond donors (Lipinski definition) is 1. The second kappa shape index (κ2) is 6.33. The van der Waals surface area contributed by atoms with Crippen molar-refractivity contribution in [3.05, 3.63) is 17.6 Å². The largest absolute Gasteiger partial charge is 0.384 e. The molecule has 0 saturated heterocycles. The SMILES string of the molecule is CCCc1cnc(C)nc1NCC1(COC)CCC1. The first-order valence-corrected chi connectivity index (χ1v) is 7.24. The summed E-state index contributed by atoms with van der Waals surface area (Å²) < 4.78 is 5.37. The molecule has 0 radical (unpaired) electrons. The smallest absolute Gasteiger partial charge is 0.132 e. The summed E-state index contributed by atoms with van der Waals surface area (Å²) in [6.07, 6.45) is 7.92. The van der Waals surface area contributed by atoms with E-state index >= 15 is 0 Å². The van der Waals surface area contributed by atoms with Gasteiger partial charge in [0.2, 0.25) is 0 Å². The number of ether oxygens (including phenoxy) is 1. The Kier molecular flexibility index (Phi) is 4.75. The summed E-state index contributed by atoms with van der Waals surface area (Å²) >= 11 is 0. The molecule has 4 nitrogen and oxygen atoms in total. The van der Waals surface area contributed by atoms with Gasteiger partial charge >= 0.3 is 0 Å². The van der Waals surface area contributed by atoms with Crippen LogP contribution < -0.4 is 5.32 Å². The van der Waals surface area contributed by atoms with Gasteiger partial charge in [-0.05, 0) is 26.2 Å². The Balaban J connectivity index is 2.03. The van der Waals surface area contributed by atoms with Crippen molar-refractivity contribution in [3.8, 4) is 0 Å².